The third-order valence-electron chi connectivity index (χ3n) is 8.82. The molecule has 1 amide bonds. The lowest BCUT2D eigenvalue weighted by molar-refractivity contribution is 0.0909. The Kier molecular flexibility index (Phi) is 10.4. The first kappa shape index (κ1) is 34.7. The average molecular weight is 708 g/mol. The lowest BCUT2D eigenvalue weighted by Crippen LogP contribution is -2.36. The van der Waals surface area contributed by atoms with Gasteiger partial charge in [0.15, 0.2) is 0 Å². The zero-order valence-corrected chi connectivity index (χ0v) is 30.1. The summed E-state index contributed by atoms with van der Waals surface area (Å²) in [6, 6.07) is 17.7. The average Bonchev–Trinajstić information content (AvgIpc) is 3.68. The highest BCUT2D eigenvalue weighted by molar-refractivity contribution is 7.91. The SMILES string of the molecule is C[Si](C)(C)CCOCn1c(-c2ccc(NS(=O)(=O)Cc3ccc(N4CCC(NC(=O)O)C4)cc3)cc2)cc2c(N3CCOCC3)ncnc21. The maximum Gasteiger partial charge on any atom is 0.404 e. The van der Waals surface area contributed by atoms with Gasteiger partial charge in [0.1, 0.15) is 24.5 Å². The Morgan fingerprint density at radius 2 is 1.76 bits per heavy atom. The van der Waals surface area contributed by atoms with Gasteiger partial charge in [-0.1, -0.05) is 43.9 Å². The first-order valence-corrected chi connectivity index (χ1v) is 22.0. The van der Waals surface area contributed by atoms with Gasteiger partial charge in [0.05, 0.1) is 36.1 Å². The molecule has 49 heavy (non-hydrogen) atoms. The molecule has 4 aromatic rings. The van der Waals surface area contributed by atoms with Crippen molar-refractivity contribution in [1.82, 2.24) is 19.9 Å². The summed E-state index contributed by atoms with van der Waals surface area (Å²) < 4.78 is 42.9. The summed E-state index contributed by atoms with van der Waals surface area (Å²) in [6.07, 6.45) is 1.30. The molecule has 2 saturated heterocycles. The number of rotatable bonds is 13. The van der Waals surface area contributed by atoms with E-state index in [1.165, 1.54) is 0 Å². The van der Waals surface area contributed by atoms with Gasteiger partial charge in [-0.05, 0) is 53.9 Å². The monoisotopic (exact) mass is 707 g/mol. The van der Waals surface area contributed by atoms with Crippen molar-refractivity contribution < 1.29 is 27.8 Å². The first-order valence-electron chi connectivity index (χ1n) is 16.6. The van der Waals surface area contributed by atoms with Gasteiger partial charge in [0.25, 0.3) is 0 Å². The summed E-state index contributed by atoms with van der Waals surface area (Å²) in [6.45, 7) is 12.1. The molecular formula is C34H45N7O6SSi. The van der Waals surface area contributed by atoms with Crippen molar-refractivity contribution in [3.8, 4) is 11.3 Å². The maximum absolute atomic E-state index is 13.2. The van der Waals surface area contributed by atoms with Gasteiger partial charge in [-0.15, -0.1) is 0 Å². The van der Waals surface area contributed by atoms with E-state index in [2.05, 4.69) is 60.1 Å². The number of anilines is 3. The van der Waals surface area contributed by atoms with Crippen molar-refractivity contribution in [2.75, 3.05) is 60.5 Å². The molecule has 2 aromatic carbocycles. The van der Waals surface area contributed by atoms with Crippen LogP contribution >= 0.6 is 0 Å². The molecule has 2 aliphatic rings. The predicted octanol–water partition coefficient (Wildman–Crippen LogP) is 5.04. The Morgan fingerprint density at radius 3 is 2.45 bits per heavy atom. The lowest BCUT2D eigenvalue weighted by atomic mass is 10.1. The lowest BCUT2D eigenvalue weighted by Gasteiger charge is -2.28. The highest BCUT2D eigenvalue weighted by atomic mass is 32.2. The van der Waals surface area contributed by atoms with E-state index < -0.39 is 24.2 Å². The van der Waals surface area contributed by atoms with Crippen molar-refractivity contribution in [1.29, 1.82) is 0 Å². The fraction of sp³-hybridized carbons (Fsp3) is 0.441. The van der Waals surface area contributed by atoms with Gasteiger partial charge in [-0.3, -0.25) is 4.72 Å². The standard InChI is InChI=1S/C34H45N7O6SSi/c1-49(2,3)19-18-47-24-41-31(20-30-32(35-23-36-33(30)41)39-14-16-46-17-15-39)26-6-8-27(9-7-26)38-48(44,45)22-25-4-10-29(11-5-25)40-13-12-28(21-40)37-34(42)43/h4-11,20,23,28,37-38H,12-19,21-22,24H2,1-3H3,(H,42,43). The highest BCUT2D eigenvalue weighted by Gasteiger charge is 2.25. The van der Waals surface area contributed by atoms with E-state index in [-0.39, 0.29) is 11.8 Å². The summed E-state index contributed by atoms with van der Waals surface area (Å²) in [5.74, 6) is 0.692. The third-order valence-corrected chi connectivity index (χ3v) is 11.8. The number of morpholine rings is 1. The molecule has 0 bridgehead atoms. The van der Waals surface area contributed by atoms with E-state index in [4.69, 9.17) is 14.6 Å². The minimum atomic E-state index is -3.69. The largest absolute Gasteiger partial charge is 0.465 e. The van der Waals surface area contributed by atoms with Gasteiger partial charge in [-0.2, -0.15) is 0 Å². The Morgan fingerprint density at radius 1 is 1.02 bits per heavy atom. The Balaban J connectivity index is 1.16. The van der Waals surface area contributed by atoms with Gasteiger partial charge in [-0.25, -0.2) is 23.2 Å². The molecule has 0 aliphatic carbocycles. The van der Waals surface area contributed by atoms with E-state index in [0.717, 1.165) is 65.9 Å². The number of hydrogen-bond acceptors (Lipinski definition) is 9. The van der Waals surface area contributed by atoms with E-state index in [1.54, 1.807) is 30.6 Å². The van der Waals surface area contributed by atoms with Crippen LogP contribution in [0.4, 0.5) is 22.0 Å². The number of sulfonamides is 1. The maximum atomic E-state index is 13.2. The normalized spacial score (nSPS) is 17.1. The number of carboxylic acid groups (broad SMARTS) is 1. The quantitative estimate of drug-likeness (QED) is 0.127. The molecule has 262 valence electrons. The molecule has 0 spiro atoms. The molecule has 13 nitrogen and oxygen atoms in total. The second-order valence-electron chi connectivity index (χ2n) is 13.8. The highest BCUT2D eigenvalue weighted by Crippen LogP contribution is 2.33. The Bertz CT molecular complexity index is 1860. The minimum absolute atomic E-state index is 0.120. The summed E-state index contributed by atoms with van der Waals surface area (Å²) >= 11 is 0. The van der Waals surface area contributed by atoms with Crippen LogP contribution in [0.3, 0.4) is 0 Å². The number of aromatic nitrogens is 3. The summed E-state index contributed by atoms with van der Waals surface area (Å²) in [5.41, 5.74) is 4.66. The van der Waals surface area contributed by atoms with Crippen LogP contribution in [0.15, 0.2) is 60.9 Å². The third kappa shape index (κ3) is 8.89. The van der Waals surface area contributed by atoms with Crippen molar-refractivity contribution in [3.63, 3.8) is 0 Å². The molecule has 3 N–H and O–H groups in total. The first-order chi connectivity index (χ1) is 23.4. The fourth-order valence-electron chi connectivity index (χ4n) is 6.22. The molecule has 1 atom stereocenters. The van der Waals surface area contributed by atoms with Crippen molar-refractivity contribution in [2.24, 2.45) is 0 Å². The zero-order chi connectivity index (χ0) is 34.6. The fourth-order valence-corrected chi connectivity index (χ4v) is 8.17. The molecule has 2 aromatic heterocycles. The van der Waals surface area contributed by atoms with Crippen LogP contribution in [0.2, 0.25) is 25.7 Å². The number of carbonyl (C=O) groups is 1. The van der Waals surface area contributed by atoms with Crippen molar-refractivity contribution >= 4 is 52.4 Å². The summed E-state index contributed by atoms with van der Waals surface area (Å²) in [4.78, 5) is 24.6. The van der Waals surface area contributed by atoms with Crippen molar-refractivity contribution in [2.45, 2.75) is 50.6 Å². The van der Waals surface area contributed by atoms with Crippen LogP contribution in [-0.2, 0) is 32.0 Å². The molecule has 15 heteroatoms. The van der Waals surface area contributed by atoms with Crippen LogP contribution in [0, 0.1) is 0 Å². The molecule has 0 radical (unpaired) electrons. The number of nitrogens with one attached hydrogen (secondary N) is 2. The molecule has 0 saturated carbocycles. The summed E-state index contributed by atoms with van der Waals surface area (Å²) in [5, 5.41) is 12.5. The Hall–Kier alpha value is -4.18. The Labute approximate surface area is 288 Å². The van der Waals surface area contributed by atoms with E-state index in [1.807, 2.05) is 24.3 Å². The minimum Gasteiger partial charge on any atom is -0.465 e. The van der Waals surface area contributed by atoms with Gasteiger partial charge in [0, 0.05) is 52.2 Å². The predicted molar refractivity (Wildman–Crippen MR) is 195 cm³/mol. The second kappa shape index (κ2) is 14.7. The van der Waals surface area contributed by atoms with Gasteiger partial charge < -0.3 is 34.3 Å². The molecular weight excluding hydrogens is 663 g/mol. The number of ether oxygens (including phenoxy) is 2. The van der Waals surface area contributed by atoms with Gasteiger partial charge >= 0.3 is 6.09 Å². The van der Waals surface area contributed by atoms with E-state index >= 15 is 0 Å². The number of nitrogens with zero attached hydrogens (tertiary/aromatic N) is 5. The number of benzene rings is 2. The van der Waals surface area contributed by atoms with E-state index in [0.29, 0.717) is 44.3 Å². The number of fused-ring (bicyclic) bond motifs is 1. The molecule has 4 heterocycles. The van der Waals surface area contributed by atoms with Crippen LogP contribution in [-0.4, -0.2) is 94.3 Å². The smallest absolute Gasteiger partial charge is 0.404 e. The van der Waals surface area contributed by atoms with Crippen LogP contribution in [0.5, 0.6) is 0 Å². The molecule has 1 unspecified atom stereocenters. The van der Waals surface area contributed by atoms with Crippen LogP contribution in [0.25, 0.3) is 22.3 Å². The van der Waals surface area contributed by atoms with Crippen LogP contribution in [0.1, 0.15) is 12.0 Å². The zero-order valence-electron chi connectivity index (χ0n) is 28.3. The van der Waals surface area contributed by atoms with Crippen molar-refractivity contribution in [3.05, 3.63) is 66.5 Å². The molecule has 2 aliphatic heterocycles. The topological polar surface area (TPSA) is 151 Å². The number of amides is 1. The molecule has 6 rings (SSSR count). The summed E-state index contributed by atoms with van der Waals surface area (Å²) in [7, 11) is -4.95. The van der Waals surface area contributed by atoms with Gasteiger partial charge in [0.2, 0.25) is 10.0 Å². The number of hydrogen-bond donors (Lipinski definition) is 3. The van der Waals surface area contributed by atoms with Crippen LogP contribution < -0.4 is 19.8 Å². The second-order valence-corrected chi connectivity index (χ2v) is 21.2. The van der Waals surface area contributed by atoms with E-state index in [9.17, 15) is 13.2 Å². The molecule has 2 fully saturated rings.